The maximum atomic E-state index is 14.0. The van der Waals surface area contributed by atoms with Crippen molar-refractivity contribution in [1.82, 2.24) is 13.7 Å². The first-order valence-electron chi connectivity index (χ1n) is 12.1. The summed E-state index contributed by atoms with van der Waals surface area (Å²) in [6.07, 6.45) is 2.45. The Labute approximate surface area is 220 Å². The third kappa shape index (κ3) is 5.23. The Morgan fingerprint density at radius 3 is 2.32 bits per heavy atom. The van der Waals surface area contributed by atoms with Gasteiger partial charge in [-0.2, -0.15) is 4.31 Å². The number of aromatic nitrogens is 2. The average Bonchev–Trinajstić information content (AvgIpc) is 3.43. The molecule has 5 aromatic rings. The number of hydrogen-bond acceptors (Lipinski definition) is 4. The first-order valence-corrected chi connectivity index (χ1v) is 14.4. The second kappa shape index (κ2) is 10.2. The zero-order valence-corrected chi connectivity index (χ0v) is 22.6. The SMILES string of the molecule is Cc1cc(C)c(S(=O)(=O)N(CCc2csc3nc(-c4ccc(F)cc4)cn23)Cc2ccccc2)c(C)c1. The molecule has 0 aliphatic carbocycles. The van der Waals surface area contributed by atoms with Crippen molar-refractivity contribution in [3.05, 3.63) is 112 Å². The average molecular weight is 534 g/mol. The number of fused-ring (bicyclic) bond motifs is 1. The van der Waals surface area contributed by atoms with Gasteiger partial charge >= 0.3 is 0 Å². The number of aryl methyl sites for hydroxylation is 3. The van der Waals surface area contributed by atoms with Gasteiger partial charge in [0.2, 0.25) is 10.0 Å². The Morgan fingerprint density at radius 1 is 0.973 bits per heavy atom. The quantitative estimate of drug-likeness (QED) is 0.227. The molecule has 0 aliphatic rings. The maximum absolute atomic E-state index is 14.0. The van der Waals surface area contributed by atoms with Gasteiger partial charge in [-0.05, 0) is 61.7 Å². The van der Waals surface area contributed by atoms with Gasteiger partial charge in [-0.1, -0.05) is 48.0 Å². The number of hydrogen-bond donors (Lipinski definition) is 0. The number of halogens is 1. The molecule has 0 N–H and O–H groups in total. The van der Waals surface area contributed by atoms with Crippen molar-refractivity contribution in [2.75, 3.05) is 6.54 Å². The van der Waals surface area contributed by atoms with Crippen molar-refractivity contribution in [2.45, 2.75) is 38.6 Å². The molecule has 0 amide bonds. The Bertz CT molecular complexity index is 1630. The molecule has 190 valence electrons. The van der Waals surface area contributed by atoms with Crippen LogP contribution in [0.15, 0.2) is 83.2 Å². The second-order valence-electron chi connectivity index (χ2n) is 9.31. The highest BCUT2D eigenvalue weighted by atomic mass is 32.2. The van der Waals surface area contributed by atoms with Crippen LogP contribution < -0.4 is 0 Å². The van der Waals surface area contributed by atoms with E-state index in [9.17, 15) is 12.8 Å². The van der Waals surface area contributed by atoms with Crippen LogP contribution in [0.3, 0.4) is 0 Å². The predicted molar refractivity (Wildman–Crippen MR) is 147 cm³/mol. The van der Waals surface area contributed by atoms with Gasteiger partial charge in [-0.3, -0.25) is 4.40 Å². The Hall–Kier alpha value is -3.33. The molecular formula is C29H28FN3O2S2. The van der Waals surface area contributed by atoms with Crippen LogP contribution in [0.2, 0.25) is 0 Å². The predicted octanol–water partition coefficient (Wildman–Crippen LogP) is 6.56. The minimum atomic E-state index is -3.75. The van der Waals surface area contributed by atoms with Gasteiger partial charge < -0.3 is 0 Å². The molecule has 0 fully saturated rings. The van der Waals surface area contributed by atoms with Crippen LogP contribution in [0.4, 0.5) is 4.39 Å². The summed E-state index contributed by atoms with van der Waals surface area (Å²) in [5.41, 5.74) is 6.06. The third-order valence-electron chi connectivity index (χ3n) is 6.44. The summed E-state index contributed by atoms with van der Waals surface area (Å²) >= 11 is 1.51. The van der Waals surface area contributed by atoms with Crippen LogP contribution in [0.5, 0.6) is 0 Å². The molecule has 0 atom stereocenters. The molecule has 2 aromatic heterocycles. The fourth-order valence-corrected chi connectivity index (χ4v) is 7.53. The first-order chi connectivity index (χ1) is 17.7. The van der Waals surface area contributed by atoms with Gasteiger partial charge in [-0.25, -0.2) is 17.8 Å². The van der Waals surface area contributed by atoms with Crippen LogP contribution in [0.25, 0.3) is 16.2 Å². The van der Waals surface area contributed by atoms with Gasteiger partial charge in [0.1, 0.15) is 5.82 Å². The van der Waals surface area contributed by atoms with Crippen molar-refractivity contribution >= 4 is 26.3 Å². The zero-order valence-electron chi connectivity index (χ0n) is 21.0. The fraction of sp³-hybridized carbons (Fsp3) is 0.207. The van der Waals surface area contributed by atoms with Crippen molar-refractivity contribution in [3.8, 4) is 11.3 Å². The van der Waals surface area contributed by atoms with Crippen LogP contribution in [-0.4, -0.2) is 28.7 Å². The minimum absolute atomic E-state index is 0.286. The van der Waals surface area contributed by atoms with Crippen molar-refractivity contribution in [1.29, 1.82) is 0 Å². The lowest BCUT2D eigenvalue weighted by atomic mass is 10.1. The maximum Gasteiger partial charge on any atom is 0.243 e. The van der Waals surface area contributed by atoms with E-state index in [1.165, 1.54) is 23.5 Å². The topological polar surface area (TPSA) is 54.7 Å². The summed E-state index contributed by atoms with van der Waals surface area (Å²) in [6.45, 7) is 6.30. The number of benzene rings is 3. The Balaban J connectivity index is 1.47. The smallest absolute Gasteiger partial charge is 0.243 e. The molecular weight excluding hydrogens is 505 g/mol. The second-order valence-corrected chi connectivity index (χ2v) is 12.0. The molecule has 37 heavy (non-hydrogen) atoms. The molecule has 5 rings (SSSR count). The molecule has 0 bridgehead atoms. The van der Waals surface area contributed by atoms with E-state index in [2.05, 4.69) is 4.98 Å². The van der Waals surface area contributed by atoms with E-state index in [4.69, 9.17) is 0 Å². The van der Waals surface area contributed by atoms with Crippen LogP contribution >= 0.6 is 11.3 Å². The molecule has 0 aliphatic heterocycles. The van der Waals surface area contributed by atoms with E-state index in [0.717, 1.165) is 44.2 Å². The number of thiazole rings is 1. The number of nitrogens with zero attached hydrogens (tertiary/aromatic N) is 3. The summed E-state index contributed by atoms with van der Waals surface area (Å²) in [7, 11) is -3.75. The molecule has 5 nitrogen and oxygen atoms in total. The summed E-state index contributed by atoms with van der Waals surface area (Å²) in [6, 6.07) is 19.8. The molecule has 0 unspecified atom stereocenters. The largest absolute Gasteiger partial charge is 0.294 e. The van der Waals surface area contributed by atoms with E-state index in [1.807, 2.05) is 79.2 Å². The van der Waals surface area contributed by atoms with Gasteiger partial charge in [-0.15, -0.1) is 11.3 Å². The number of sulfonamides is 1. The highest BCUT2D eigenvalue weighted by molar-refractivity contribution is 7.89. The van der Waals surface area contributed by atoms with Crippen LogP contribution in [0, 0.1) is 26.6 Å². The fourth-order valence-electron chi connectivity index (χ4n) is 4.78. The van der Waals surface area contributed by atoms with Gasteiger partial charge in [0.15, 0.2) is 4.96 Å². The first kappa shape index (κ1) is 25.3. The van der Waals surface area contributed by atoms with Crippen molar-refractivity contribution in [2.24, 2.45) is 0 Å². The molecule has 8 heteroatoms. The molecule has 0 saturated heterocycles. The van der Waals surface area contributed by atoms with Crippen molar-refractivity contribution < 1.29 is 12.8 Å². The van der Waals surface area contributed by atoms with E-state index >= 15 is 0 Å². The lowest BCUT2D eigenvalue weighted by Gasteiger charge is -2.24. The standard InChI is InChI=1S/C29H28FN3O2S2/c1-20-15-21(2)28(22(3)16-20)37(34,35)32(17-23-7-5-4-6-8-23)14-13-26-19-36-29-31-27(18-33(26)29)24-9-11-25(30)12-10-24/h4-12,15-16,18-19H,13-14,17H2,1-3H3. The third-order valence-corrected chi connectivity index (χ3v) is 9.49. The molecule has 3 aromatic carbocycles. The van der Waals surface area contributed by atoms with Crippen LogP contribution in [-0.2, 0) is 23.0 Å². The summed E-state index contributed by atoms with van der Waals surface area (Å²) < 4.78 is 44.9. The summed E-state index contributed by atoms with van der Waals surface area (Å²) in [4.78, 5) is 5.88. The van der Waals surface area contributed by atoms with Crippen LogP contribution in [0.1, 0.15) is 27.9 Å². The number of rotatable bonds is 8. The molecule has 0 saturated carbocycles. The van der Waals surface area contributed by atoms with E-state index in [-0.39, 0.29) is 12.4 Å². The Kier molecular flexibility index (Phi) is 6.98. The summed E-state index contributed by atoms with van der Waals surface area (Å²) in [5, 5.41) is 2.02. The molecule has 0 spiro atoms. The molecule has 0 radical (unpaired) electrons. The lowest BCUT2D eigenvalue weighted by Crippen LogP contribution is -2.33. The summed E-state index contributed by atoms with van der Waals surface area (Å²) in [5.74, 6) is -0.288. The highest BCUT2D eigenvalue weighted by Crippen LogP contribution is 2.28. The Morgan fingerprint density at radius 2 is 1.65 bits per heavy atom. The zero-order chi connectivity index (χ0) is 26.2. The van der Waals surface area contributed by atoms with Crippen molar-refractivity contribution in [3.63, 3.8) is 0 Å². The van der Waals surface area contributed by atoms with E-state index < -0.39 is 10.0 Å². The van der Waals surface area contributed by atoms with E-state index in [1.54, 1.807) is 16.4 Å². The highest BCUT2D eigenvalue weighted by Gasteiger charge is 2.28. The van der Waals surface area contributed by atoms with Gasteiger partial charge in [0.25, 0.3) is 0 Å². The van der Waals surface area contributed by atoms with E-state index in [0.29, 0.717) is 17.9 Å². The monoisotopic (exact) mass is 533 g/mol. The number of imidazole rings is 1. The van der Waals surface area contributed by atoms with Gasteiger partial charge in [0.05, 0.1) is 10.6 Å². The normalized spacial score (nSPS) is 12.0. The van der Waals surface area contributed by atoms with Gasteiger partial charge in [0, 0.05) is 42.3 Å². The lowest BCUT2D eigenvalue weighted by molar-refractivity contribution is 0.407. The minimum Gasteiger partial charge on any atom is -0.294 e. The molecule has 2 heterocycles.